The Morgan fingerprint density at radius 2 is 0.883 bits per heavy atom. The minimum Gasteiger partial charge on any atom is -0.493 e. The Bertz CT molecular complexity index is 4460. The number of nitrogens with zero attached hydrogens (tertiary/aromatic N) is 5. The number of carbonyl (C=O) groups excluding carboxylic acids is 1. The molecule has 18 nitrogen and oxygen atoms in total. The highest BCUT2D eigenvalue weighted by atomic mass is 32.1. The number of nitro groups is 1. The van der Waals surface area contributed by atoms with Crippen LogP contribution in [-0.4, -0.2) is 65.8 Å². The topological polar surface area (TPSA) is 218 Å². The molecular formula is C71H67FN10O8S4. The van der Waals surface area contributed by atoms with Gasteiger partial charge in [0.25, 0.3) is 5.69 Å². The third kappa shape index (κ3) is 18.7. The number of hydrogen-bond acceptors (Lipinski definition) is 20. The number of halogens is 1. The molecule has 4 heterocycles. The van der Waals surface area contributed by atoms with Crippen LogP contribution < -0.4 is 50.3 Å². The molecular weight excluding hydrogens is 1270 g/mol. The van der Waals surface area contributed by atoms with Crippen LogP contribution in [0.3, 0.4) is 0 Å². The fourth-order valence-electron chi connectivity index (χ4n) is 8.95. The van der Waals surface area contributed by atoms with Crippen LogP contribution in [0.4, 0.5) is 59.0 Å². The van der Waals surface area contributed by atoms with Gasteiger partial charge in [-0.05, 0) is 136 Å². The van der Waals surface area contributed by atoms with Gasteiger partial charge < -0.3 is 50.3 Å². The second-order valence-electron chi connectivity index (χ2n) is 20.4. The molecule has 8 aromatic carbocycles. The summed E-state index contributed by atoms with van der Waals surface area (Å²) in [5.74, 6) is 3.22. The number of anilines is 9. The summed E-state index contributed by atoms with van der Waals surface area (Å²) in [4.78, 5) is 40.1. The van der Waals surface area contributed by atoms with E-state index < -0.39 is 0 Å². The Morgan fingerprint density at radius 3 is 1.36 bits per heavy atom. The number of amides is 1. The summed E-state index contributed by atoms with van der Waals surface area (Å²) in [6, 6.07) is 54.4. The van der Waals surface area contributed by atoms with Crippen LogP contribution in [0.1, 0.15) is 30.5 Å². The molecule has 0 unspecified atom stereocenters. The highest BCUT2D eigenvalue weighted by Crippen LogP contribution is 2.38. The summed E-state index contributed by atoms with van der Waals surface area (Å²) in [5, 5.41) is 37.9. The predicted molar refractivity (Wildman–Crippen MR) is 382 cm³/mol. The van der Waals surface area contributed by atoms with E-state index >= 15 is 0 Å². The highest BCUT2D eigenvalue weighted by molar-refractivity contribution is 7.15. The smallest absolute Gasteiger partial charge is 0.272 e. The minimum atomic E-state index is -0.363. The average molecular weight is 1340 g/mol. The number of nitro benzene ring substituents is 1. The van der Waals surface area contributed by atoms with Gasteiger partial charge >= 0.3 is 0 Å². The van der Waals surface area contributed by atoms with Gasteiger partial charge in [0.2, 0.25) is 5.91 Å². The van der Waals surface area contributed by atoms with E-state index in [2.05, 4.69) is 77.7 Å². The summed E-state index contributed by atoms with van der Waals surface area (Å²) < 4.78 is 39.7. The number of thiazole rings is 4. The zero-order valence-electron chi connectivity index (χ0n) is 52.8. The van der Waals surface area contributed by atoms with Crippen LogP contribution in [0, 0.1) is 36.7 Å². The Labute approximate surface area is 560 Å². The number of nitrogens with one attached hydrogen (secondary N) is 5. The monoisotopic (exact) mass is 1330 g/mol. The van der Waals surface area contributed by atoms with Crippen molar-refractivity contribution in [1.29, 1.82) is 0 Å². The number of hydrogen-bond donors (Lipinski definition) is 5. The largest absolute Gasteiger partial charge is 0.493 e. The maximum Gasteiger partial charge on any atom is 0.272 e. The molecule has 12 rings (SSSR count). The average Bonchev–Trinajstić information content (AvgIpc) is 1.67. The molecule has 0 saturated carbocycles. The fraction of sp³-hybridized carbons (Fsp3) is 0.141. The Morgan fingerprint density at radius 1 is 0.468 bits per heavy atom. The van der Waals surface area contributed by atoms with Gasteiger partial charge in [-0.2, -0.15) is 0 Å². The van der Waals surface area contributed by atoms with E-state index in [1.54, 1.807) is 59.6 Å². The van der Waals surface area contributed by atoms with Crippen molar-refractivity contribution in [1.82, 2.24) is 19.9 Å². The van der Waals surface area contributed by atoms with E-state index in [1.165, 1.54) is 70.0 Å². The summed E-state index contributed by atoms with van der Waals surface area (Å²) in [6.07, 6.45) is 0. The van der Waals surface area contributed by atoms with Gasteiger partial charge in [-0.1, -0.05) is 72.3 Å². The molecule has 0 aliphatic carbocycles. The summed E-state index contributed by atoms with van der Waals surface area (Å²) >= 11 is 6.06. The SMILES string of the molecule is CCOc1ccccc1Nc1nc(-c2ccc(OC)c(OC)c2)cs1.COc1ccc(-c2csc(Nc3ccc(NC(C)=O)cc3)n2)cc1OC.Cc1ccc(-c2csc(Nc3ccc(F)cc3)n2)cc1.Cc1ccccc1Nc1nc(-c2ccc(C)c([N+](=O)[O-])c2)cs1. The van der Waals surface area contributed by atoms with Crippen molar-refractivity contribution in [3.63, 3.8) is 0 Å². The lowest BCUT2D eigenvalue weighted by Crippen LogP contribution is -2.05. The van der Waals surface area contributed by atoms with Crippen molar-refractivity contribution in [3.05, 3.63) is 230 Å². The summed E-state index contributed by atoms with van der Waals surface area (Å²) in [6.45, 7) is 9.89. The van der Waals surface area contributed by atoms with Crippen molar-refractivity contribution in [2.75, 3.05) is 61.6 Å². The van der Waals surface area contributed by atoms with Crippen molar-refractivity contribution < 1.29 is 37.8 Å². The van der Waals surface area contributed by atoms with E-state index in [9.17, 15) is 19.3 Å². The van der Waals surface area contributed by atoms with Gasteiger partial charge in [-0.3, -0.25) is 14.9 Å². The molecule has 0 saturated heterocycles. The predicted octanol–water partition coefficient (Wildman–Crippen LogP) is 19.6. The molecule has 94 heavy (non-hydrogen) atoms. The number of para-hydroxylation sites is 3. The number of benzene rings is 8. The number of aryl methyl sites for hydroxylation is 3. The molecule has 23 heteroatoms. The summed E-state index contributed by atoms with van der Waals surface area (Å²) in [5.41, 5.74) is 14.7. The molecule has 12 aromatic rings. The van der Waals surface area contributed by atoms with Gasteiger partial charge in [0.15, 0.2) is 43.5 Å². The molecule has 1 amide bonds. The van der Waals surface area contributed by atoms with Crippen LogP contribution in [0.2, 0.25) is 0 Å². The normalized spacial score (nSPS) is 10.4. The van der Waals surface area contributed by atoms with Crippen LogP contribution in [0.5, 0.6) is 28.7 Å². The molecule has 0 fully saturated rings. The molecule has 4 aromatic heterocycles. The summed E-state index contributed by atoms with van der Waals surface area (Å²) in [7, 11) is 6.47. The second kappa shape index (κ2) is 33.0. The maximum atomic E-state index is 12.8. The number of methoxy groups -OCH3 is 4. The zero-order valence-corrected chi connectivity index (χ0v) is 56.0. The number of aromatic nitrogens is 4. The van der Waals surface area contributed by atoms with Crippen molar-refractivity contribution >= 4 is 106 Å². The first-order chi connectivity index (χ1) is 45.6. The minimum absolute atomic E-state index is 0.0924. The molecule has 0 aliphatic heterocycles. The van der Waals surface area contributed by atoms with Crippen molar-refractivity contribution in [2.45, 2.75) is 34.6 Å². The molecule has 5 N–H and O–H groups in total. The standard InChI is InChI=1S/C19H19N3O3S.C19H20N2O3S.C17H15N3O2S.C16H13FN2S/c1-12(23)20-14-5-7-15(8-6-14)21-19-22-16(11-26-19)13-4-9-17(24-2)18(10-13)25-3;1-4-24-16-8-6-5-7-14(16)20-19-21-15(12-25-19)13-9-10-17(22-2)18(11-13)23-3;1-11-5-3-4-6-14(11)18-17-19-15(10-23-17)13-8-7-12(2)16(9-13)20(21)22;1-11-2-4-12(5-3-11)15-10-20-16(19-15)18-14-8-6-13(17)7-9-14/h4-11H,1-3H3,(H,20,23)(H,21,22);5-12H,4H2,1-3H3,(H,20,21);3-10H,1-2H3,(H,18,19);2-10H,1H3,(H,18,19). The second-order valence-corrected chi connectivity index (χ2v) is 23.9. The quantitative estimate of drug-likeness (QED) is 0.0354. The molecule has 0 bridgehead atoms. The Kier molecular flexibility index (Phi) is 23.8. The van der Waals surface area contributed by atoms with E-state index in [0.717, 1.165) is 105 Å². The van der Waals surface area contributed by atoms with E-state index in [-0.39, 0.29) is 22.3 Å². The highest BCUT2D eigenvalue weighted by Gasteiger charge is 2.16. The van der Waals surface area contributed by atoms with Gasteiger partial charge in [0.1, 0.15) is 11.6 Å². The van der Waals surface area contributed by atoms with Crippen LogP contribution in [-0.2, 0) is 4.79 Å². The van der Waals surface area contributed by atoms with Crippen LogP contribution in [0.25, 0.3) is 45.0 Å². The molecule has 480 valence electrons. The van der Waals surface area contributed by atoms with Gasteiger partial charge in [-0.15, -0.1) is 45.3 Å². The van der Waals surface area contributed by atoms with Crippen molar-refractivity contribution in [2.24, 2.45) is 0 Å². The molecule has 0 spiro atoms. The third-order valence-corrected chi connectivity index (χ3v) is 16.8. The van der Waals surface area contributed by atoms with Crippen molar-refractivity contribution in [3.8, 4) is 73.8 Å². The van der Waals surface area contributed by atoms with Gasteiger partial charge in [0.05, 0.1) is 68.4 Å². The molecule has 0 radical (unpaired) electrons. The number of rotatable bonds is 20. The molecule has 0 atom stereocenters. The first kappa shape index (κ1) is 67.7. The van der Waals surface area contributed by atoms with E-state index in [1.807, 2.05) is 151 Å². The van der Waals surface area contributed by atoms with Gasteiger partial charge in [0, 0.05) is 85.1 Å². The number of ether oxygens (including phenoxy) is 5. The first-order valence-electron chi connectivity index (χ1n) is 29.2. The Balaban J connectivity index is 0.000000148. The van der Waals surface area contributed by atoms with Gasteiger partial charge in [-0.25, -0.2) is 24.3 Å². The third-order valence-electron chi connectivity index (χ3n) is 13.8. The lowest BCUT2D eigenvalue weighted by atomic mass is 10.1. The van der Waals surface area contributed by atoms with Crippen LogP contribution in [0.15, 0.2) is 197 Å². The zero-order chi connectivity index (χ0) is 66.5. The Hall–Kier alpha value is -10.7. The maximum absolute atomic E-state index is 12.8. The van der Waals surface area contributed by atoms with E-state index in [4.69, 9.17) is 23.7 Å². The van der Waals surface area contributed by atoms with E-state index in [0.29, 0.717) is 35.2 Å². The lowest BCUT2D eigenvalue weighted by Gasteiger charge is -2.10. The lowest BCUT2D eigenvalue weighted by molar-refractivity contribution is -0.385. The molecule has 0 aliphatic rings. The fourth-order valence-corrected chi connectivity index (χ4v) is 11.9. The number of carbonyl (C=O) groups is 1. The van der Waals surface area contributed by atoms with Crippen LogP contribution >= 0.6 is 45.3 Å². The first-order valence-corrected chi connectivity index (χ1v) is 32.7.